The minimum Gasteiger partial charge on any atom is -0.379 e. The van der Waals surface area contributed by atoms with Crippen molar-refractivity contribution in [2.75, 3.05) is 38.6 Å². The predicted molar refractivity (Wildman–Crippen MR) is 74.6 cm³/mol. The van der Waals surface area contributed by atoms with Gasteiger partial charge in [0.25, 0.3) is 0 Å². The molecule has 1 heterocycles. The van der Waals surface area contributed by atoms with E-state index in [2.05, 4.69) is 36.1 Å². The summed E-state index contributed by atoms with van der Waals surface area (Å²) in [6.45, 7) is 7.34. The average molecular weight is 251 g/mol. The molecule has 1 saturated heterocycles. The van der Waals surface area contributed by atoms with E-state index in [1.165, 1.54) is 23.4 Å². The zero-order chi connectivity index (χ0) is 11.9. The lowest BCUT2D eigenvalue weighted by Gasteiger charge is -2.26. The molecule has 2 rings (SSSR count). The van der Waals surface area contributed by atoms with Crippen molar-refractivity contribution in [1.82, 2.24) is 4.90 Å². The topological polar surface area (TPSA) is 12.5 Å². The first-order valence-corrected chi connectivity index (χ1v) is 7.43. The number of morpholine rings is 1. The Bertz CT molecular complexity index is 319. The first-order chi connectivity index (χ1) is 8.34. The van der Waals surface area contributed by atoms with Crippen LogP contribution in [0.5, 0.6) is 0 Å². The largest absolute Gasteiger partial charge is 0.379 e. The number of rotatable bonds is 5. The maximum atomic E-state index is 5.34. The Balaban J connectivity index is 1.60. The molecule has 0 bridgehead atoms. The predicted octanol–water partition coefficient (Wildman–Crippen LogP) is 2.56. The van der Waals surface area contributed by atoms with E-state index in [1.807, 2.05) is 11.8 Å². The summed E-state index contributed by atoms with van der Waals surface area (Å²) in [6.07, 6.45) is 0. The molecule has 17 heavy (non-hydrogen) atoms. The van der Waals surface area contributed by atoms with Gasteiger partial charge in [-0.15, -0.1) is 0 Å². The molecule has 0 spiro atoms. The average Bonchev–Trinajstić information content (AvgIpc) is 2.38. The van der Waals surface area contributed by atoms with Crippen LogP contribution in [0, 0.1) is 6.92 Å². The number of thioether (sulfide) groups is 1. The minimum atomic E-state index is 0.905. The number of benzene rings is 1. The Hall–Kier alpha value is -0.510. The maximum Gasteiger partial charge on any atom is 0.0594 e. The lowest BCUT2D eigenvalue weighted by Crippen LogP contribution is -2.37. The van der Waals surface area contributed by atoms with E-state index in [-0.39, 0.29) is 0 Å². The second-order valence-corrected chi connectivity index (χ2v) is 5.60. The standard InChI is InChI=1S/C14H21NOS/c1-13-2-4-14(5-3-13)12-17-11-8-15-6-9-16-10-7-15/h2-5H,6-12H2,1H3. The van der Waals surface area contributed by atoms with E-state index in [9.17, 15) is 0 Å². The van der Waals surface area contributed by atoms with E-state index in [0.29, 0.717) is 0 Å². The first-order valence-electron chi connectivity index (χ1n) is 6.28. The molecule has 0 aromatic heterocycles. The van der Waals surface area contributed by atoms with Crippen molar-refractivity contribution in [2.24, 2.45) is 0 Å². The van der Waals surface area contributed by atoms with E-state index in [4.69, 9.17) is 4.74 Å². The van der Waals surface area contributed by atoms with Crippen LogP contribution in [0.25, 0.3) is 0 Å². The molecule has 0 atom stereocenters. The maximum absolute atomic E-state index is 5.34. The van der Waals surface area contributed by atoms with E-state index < -0.39 is 0 Å². The number of hydrogen-bond acceptors (Lipinski definition) is 3. The minimum absolute atomic E-state index is 0.905. The second kappa shape index (κ2) is 7.04. The van der Waals surface area contributed by atoms with Gasteiger partial charge < -0.3 is 4.74 Å². The number of ether oxygens (including phenoxy) is 1. The Morgan fingerprint density at radius 2 is 1.88 bits per heavy atom. The fourth-order valence-corrected chi connectivity index (χ4v) is 2.85. The fourth-order valence-electron chi connectivity index (χ4n) is 1.89. The van der Waals surface area contributed by atoms with Crippen molar-refractivity contribution >= 4 is 11.8 Å². The monoisotopic (exact) mass is 251 g/mol. The van der Waals surface area contributed by atoms with Gasteiger partial charge in [-0.25, -0.2) is 0 Å². The molecular weight excluding hydrogens is 230 g/mol. The summed E-state index contributed by atoms with van der Waals surface area (Å²) < 4.78 is 5.34. The molecule has 1 aliphatic heterocycles. The molecule has 0 N–H and O–H groups in total. The van der Waals surface area contributed by atoms with Gasteiger partial charge in [-0.1, -0.05) is 29.8 Å². The third-order valence-electron chi connectivity index (χ3n) is 3.04. The van der Waals surface area contributed by atoms with Crippen LogP contribution in [-0.4, -0.2) is 43.5 Å². The Kier molecular flexibility index (Phi) is 5.36. The summed E-state index contributed by atoms with van der Waals surface area (Å²) in [7, 11) is 0. The van der Waals surface area contributed by atoms with Gasteiger partial charge in [-0.2, -0.15) is 11.8 Å². The molecule has 0 amide bonds. The van der Waals surface area contributed by atoms with Crippen molar-refractivity contribution in [3.05, 3.63) is 35.4 Å². The normalized spacial score (nSPS) is 17.2. The lowest BCUT2D eigenvalue weighted by molar-refractivity contribution is 0.0410. The fraction of sp³-hybridized carbons (Fsp3) is 0.571. The quantitative estimate of drug-likeness (QED) is 0.746. The van der Waals surface area contributed by atoms with Crippen LogP contribution >= 0.6 is 11.8 Å². The van der Waals surface area contributed by atoms with Gasteiger partial charge in [-0.3, -0.25) is 4.90 Å². The van der Waals surface area contributed by atoms with Crippen LogP contribution in [0.4, 0.5) is 0 Å². The zero-order valence-electron chi connectivity index (χ0n) is 10.5. The van der Waals surface area contributed by atoms with Gasteiger partial charge in [0.2, 0.25) is 0 Å². The second-order valence-electron chi connectivity index (χ2n) is 4.49. The highest BCUT2D eigenvalue weighted by atomic mass is 32.2. The zero-order valence-corrected chi connectivity index (χ0v) is 11.3. The van der Waals surface area contributed by atoms with Crippen molar-refractivity contribution in [3.63, 3.8) is 0 Å². The van der Waals surface area contributed by atoms with Gasteiger partial charge in [-0.05, 0) is 12.5 Å². The van der Waals surface area contributed by atoms with E-state index in [0.717, 1.165) is 32.1 Å². The molecule has 2 nitrogen and oxygen atoms in total. The molecule has 1 aromatic carbocycles. The molecule has 1 aromatic rings. The van der Waals surface area contributed by atoms with Gasteiger partial charge in [0.1, 0.15) is 0 Å². The summed E-state index contributed by atoms with van der Waals surface area (Å²) in [5.74, 6) is 2.35. The van der Waals surface area contributed by atoms with Crippen LogP contribution in [0.15, 0.2) is 24.3 Å². The first kappa shape index (κ1) is 12.9. The Labute approximate surface area is 108 Å². The highest BCUT2D eigenvalue weighted by Crippen LogP contribution is 2.13. The SMILES string of the molecule is Cc1ccc(CSCCN2CCOCC2)cc1. The molecule has 0 unspecified atom stereocenters. The summed E-state index contributed by atoms with van der Waals surface area (Å²) in [5.41, 5.74) is 2.77. The third-order valence-corrected chi connectivity index (χ3v) is 4.05. The van der Waals surface area contributed by atoms with Crippen LogP contribution < -0.4 is 0 Å². The highest BCUT2D eigenvalue weighted by molar-refractivity contribution is 7.98. The van der Waals surface area contributed by atoms with Gasteiger partial charge >= 0.3 is 0 Å². The van der Waals surface area contributed by atoms with Crippen LogP contribution in [0.2, 0.25) is 0 Å². The van der Waals surface area contributed by atoms with Crippen LogP contribution in [0.1, 0.15) is 11.1 Å². The summed E-state index contributed by atoms with van der Waals surface area (Å²) >= 11 is 2.02. The number of aryl methyl sites for hydroxylation is 1. The molecular formula is C14H21NOS. The molecule has 0 aliphatic carbocycles. The van der Waals surface area contributed by atoms with Crippen molar-refractivity contribution in [2.45, 2.75) is 12.7 Å². The molecule has 3 heteroatoms. The lowest BCUT2D eigenvalue weighted by atomic mass is 10.2. The third kappa shape index (κ3) is 4.70. The number of nitrogens with zero attached hydrogens (tertiary/aromatic N) is 1. The molecule has 1 fully saturated rings. The highest BCUT2D eigenvalue weighted by Gasteiger charge is 2.09. The summed E-state index contributed by atoms with van der Waals surface area (Å²) in [5, 5.41) is 0. The molecule has 94 valence electrons. The summed E-state index contributed by atoms with van der Waals surface area (Å²) in [4.78, 5) is 2.49. The summed E-state index contributed by atoms with van der Waals surface area (Å²) in [6, 6.07) is 8.85. The van der Waals surface area contributed by atoms with Crippen molar-refractivity contribution < 1.29 is 4.74 Å². The van der Waals surface area contributed by atoms with Gasteiger partial charge in [0.15, 0.2) is 0 Å². The smallest absolute Gasteiger partial charge is 0.0594 e. The Morgan fingerprint density at radius 3 is 2.59 bits per heavy atom. The van der Waals surface area contributed by atoms with E-state index >= 15 is 0 Å². The molecule has 1 aliphatic rings. The van der Waals surface area contributed by atoms with Crippen LogP contribution in [-0.2, 0) is 10.5 Å². The Morgan fingerprint density at radius 1 is 1.18 bits per heavy atom. The number of hydrogen-bond donors (Lipinski definition) is 0. The van der Waals surface area contributed by atoms with Crippen molar-refractivity contribution in [1.29, 1.82) is 0 Å². The molecule has 0 saturated carbocycles. The van der Waals surface area contributed by atoms with Crippen LogP contribution in [0.3, 0.4) is 0 Å². The molecule has 0 radical (unpaired) electrons. The van der Waals surface area contributed by atoms with Crippen molar-refractivity contribution in [3.8, 4) is 0 Å². The van der Waals surface area contributed by atoms with Gasteiger partial charge in [0.05, 0.1) is 13.2 Å². The van der Waals surface area contributed by atoms with E-state index in [1.54, 1.807) is 0 Å². The van der Waals surface area contributed by atoms with Gasteiger partial charge in [0, 0.05) is 31.1 Å².